The molecule has 0 amide bonds. The van der Waals surface area contributed by atoms with Gasteiger partial charge in [-0.25, -0.2) is 0 Å². The summed E-state index contributed by atoms with van der Waals surface area (Å²) in [5.74, 6) is 1.95. The number of fused-ring (bicyclic) bond motifs is 3. The SMILES string of the molecule is CC1(C)[C@H]2[C@@H]3[C@H](CC[C@@]3(C)O)[C@@](C)(O)CC[C@@H]21. The molecule has 0 spiro atoms. The fourth-order valence-electron chi connectivity index (χ4n) is 5.25. The van der Waals surface area contributed by atoms with E-state index in [1.165, 1.54) is 0 Å². The summed E-state index contributed by atoms with van der Waals surface area (Å²) in [6.45, 7) is 8.66. The molecular formula is C15H26O2. The Hall–Kier alpha value is -0.0800. The van der Waals surface area contributed by atoms with E-state index in [0.29, 0.717) is 29.1 Å². The van der Waals surface area contributed by atoms with Crippen molar-refractivity contribution in [1.29, 1.82) is 0 Å². The summed E-state index contributed by atoms with van der Waals surface area (Å²) < 4.78 is 0. The Bertz CT molecular complexity index is 343. The largest absolute Gasteiger partial charge is 0.390 e. The normalized spacial score (nSPS) is 60.4. The Kier molecular flexibility index (Phi) is 2.17. The van der Waals surface area contributed by atoms with Gasteiger partial charge in [-0.3, -0.25) is 0 Å². The summed E-state index contributed by atoms with van der Waals surface area (Å²) in [5, 5.41) is 21.3. The van der Waals surface area contributed by atoms with Crippen molar-refractivity contribution in [2.45, 2.75) is 64.6 Å². The number of aliphatic hydroxyl groups is 2. The molecule has 0 unspecified atom stereocenters. The molecule has 2 N–H and O–H groups in total. The zero-order chi connectivity index (χ0) is 12.6. The van der Waals surface area contributed by atoms with Crippen molar-refractivity contribution in [1.82, 2.24) is 0 Å². The Morgan fingerprint density at radius 3 is 1.94 bits per heavy atom. The van der Waals surface area contributed by atoms with Gasteiger partial charge in [0.05, 0.1) is 11.2 Å². The Morgan fingerprint density at radius 1 is 0.765 bits per heavy atom. The number of hydrogen-bond donors (Lipinski definition) is 2. The number of rotatable bonds is 0. The molecule has 6 atom stereocenters. The molecule has 0 bridgehead atoms. The minimum atomic E-state index is -0.561. The van der Waals surface area contributed by atoms with Crippen LogP contribution in [0.1, 0.15) is 53.4 Å². The molecule has 3 rings (SSSR count). The van der Waals surface area contributed by atoms with E-state index in [-0.39, 0.29) is 0 Å². The molecule has 3 aliphatic carbocycles. The van der Waals surface area contributed by atoms with Crippen LogP contribution < -0.4 is 0 Å². The quantitative estimate of drug-likeness (QED) is 0.681. The van der Waals surface area contributed by atoms with Crippen molar-refractivity contribution in [2.24, 2.45) is 29.1 Å². The lowest BCUT2D eigenvalue weighted by Gasteiger charge is -2.37. The second-order valence-corrected chi connectivity index (χ2v) is 7.88. The van der Waals surface area contributed by atoms with E-state index in [1.807, 2.05) is 13.8 Å². The fourth-order valence-corrected chi connectivity index (χ4v) is 5.25. The molecule has 0 aromatic heterocycles. The van der Waals surface area contributed by atoms with Crippen molar-refractivity contribution in [3.63, 3.8) is 0 Å². The highest BCUT2D eigenvalue weighted by Gasteiger charge is 2.69. The first-order valence-electron chi connectivity index (χ1n) is 7.13. The molecule has 0 aromatic carbocycles. The van der Waals surface area contributed by atoms with Crippen LogP contribution in [0.3, 0.4) is 0 Å². The zero-order valence-corrected chi connectivity index (χ0v) is 11.5. The van der Waals surface area contributed by atoms with Crippen molar-refractivity contribution >= 4 is 0 Å². The molecule has 3 aliphatic rings. The minimum Gasteiger partial charge on any atom is -0.390 e. The second-order valence-electron chi connectivity index (χ2n) is 7.88. The van der Waals surface area contributed by atoms with Crippen LogP contribution in [0.5, 0.6) is 0 Å². The third-order valence-corrected chi connectivity index (χ3v) is 6.40. The van der Waals surface area contributed by atoms with Gasteiger partial charge in [0.15, 0.2) is 0 Å². The van der Waals surface area contributed by atoms with E-state index >= 15 is 0 Å². The monoisotopic (exact) mass is 238 g/mol. The summed E-state index contributed by atoms with van der Waals surface area (Å²) in [5.41, 5.74) is -0.738. The van der Waals surface area contributed by atoms with Crippen molar-refractivity contribution in [2.75, 3.05) is 0 Å². The molecule has 3 saturated carbocycles. The highest BCUT2D eigenvalue weighted by molar-refractivity contribution is 5.18. The van der Waals surface area contributed by atoms with E-state index in [9.17, 15) is 10.2 Å². The van der Waals surface area contributed by atoms with Gasteiger partial charge in [0.25, 0.3) is 0 Å². The van der Waals surface area contributed by atoms with Crippen LogP contribution in [-0.2, 0) is 0 Å². The first kappa shape index (κ1) is 12.0. The summed E-state index contributed by atoms with van der Waals surface area (Å²) in [6, 6.07) is 0. The van der Waals surface area contributed by atoms with Gasteiger partial charge in [0.2, 0.25) is 0 Å². The summed E-state index contributed by atoms with van der Waals surface area (Å²) in [7, 11) is 0. The maximum atomic E-state index is 10.7. The van der Waals surface area contributed by atoms with Gasteiger partial charge in [-0.05, 0) is 68.6 Å². The van der Waals surface area contributed by atoms with Crippen LogP contribution in [-0.4, -0.2) is 21.4 Å². The van der Waals surface area contributed by atoms with Gasteiger partial charge in [0.1, 0.15) is 0 Å². The second kappa shape index (κ2) is 3.08. The highest BCUT2D eigenvalue weighted by atomic mass is 16.3. The highest BCUT2D eigenvalue weighted by Crippen LogP contribution is 2.71. The van der Waals surface area contributed by atoms with Crippen molar-refractivity contribution < 1.29 is 10.2 Å². The van der Waals surface area contributed by atoms with E-state index < -0.39 is 11.2 Å². The average Bonchev–Trinajstić information content (AvgIpc) is 2.59. The van der Waals surface area contributed by atoms with Gasteiger partial charge in [-0.15, -0.1) is 0 Å². The summed E-state index contributed by atoms with van der Waals surface area (Å²) >= 11 is 0. The van der Waals surface area contributed by atoms with Crippen LogP contribution in [0.15, 0.2) is 0 Å². The van der Waals surface area contributed by atoms with E-state index in [4.69, 9.17) is 0 Å². The summed E-state index contributed by atoms with van der Waals surface area (Å²) in [4.78, 5) is 0. The molecule has 0 aromatic rings. The molecule has 98 valence electrons. The van der Waals surface area contributed by atoms with Gasteiger partial charge in [0, 0.05) is 0 Å². The van der Waals surface area contributed by atoms with Gasteiger partial charge in [-0.2, -0.15) is 0 Å². The van der Waals surface area contributed by atoms with Crippen LogP contribution in [0.2, 0.25) is 0 Å². The zero-order valence-electron chi connectivity index (χ0n) is 11.5. The topological polar surface area (TPSA) is 40.5 Å². The Labute approximate surface area is 104 Å². The van der Waals surface area contributed by atoms with Crippen LogP contribution in [0, 0.1) is 29.1 Å². The molecule has 17 heavy (non-hydrogen) atoms. The van der Waals surface area contributed by atoms with Gasteiger partial charge in [-0.1, -0.05) is 13.8 Å². The minimum absolute atomic E-state index is 0.300. The smallest absolute Gasteiger partial charge is 0.0654 e. The van der Waals surface area contributed by atoms with Crippen LogP contribution in [0.25, 0.3) is 0 Å². The Balaban J connectivity index is 1.99. The van der Waals surface area contributed by atoms with Crippen molar-refractivity contribution in [3.05, 3.63) is 0 Å². The van der Waals surface area contributed by atoms with E-state index in [2.05, 4.69) is 13.8 Å². The molecule has 0 radical (unpaired) electrons. The number of hydrogen-bond acceptors (Lipinski definition) is 2. The van der Waals surface area contributed by atoms with E-state index in [0.717, 1.165) is 25.7 Å². The maximum Gasteiger partial charge on any atom is 0.0654 e. The Morgan fingerprint density at radius 2 is 1.29 bits per heavy atom. The predicted molar refractivity (Wildman–Crippen MR) is 67.5 cm³/mol. The van der Waals surface area contributed by atoms with Crippen molar-refractivity contribution in [3.8, 4) is 0 Å². The maximum absolute atomic E-state index is 10.7. The molecule has 0 saturated heterocycles. The van der Waals surface area contributed by atoms with Crippen LogP contribution in [0.4, 0.5) is 0 Å². The standard InChI is InChI=1S/C15H26O2/c1-13(2)9-5-7-14(3,16)10-6-8-15(4,17)12(10)11(9)13/h9-12,16-17H,5-8H2,1-4H3/t9-,10-,11+,12-,14-,15+/m0/s1. The van der Waals surface area contributed by atoms with Gasteiger partial charge < -0.3 is 10.2 Å². The predicted octanol–water partition coefficient (Wildman–Crippen LogP) is 2.58. The first-order chi connectivity index (χ1) is 7.68. The molecule has 2 nitrogen and oxygen atoms in total. The molecule has 0 heterocycles. The molecule has 0 aliphatic heterocycles. The third-order valence-electron chi connectivity index (χ3n) is 6.40. The third kappa shape index (κ3) is 1.46. The molecule has 3 fully saturated rings. The molecular weight excluding hydrogens is 212 g/mol. The summed E-state index contributed by atoms with van der Waals surface area (Å²) in [6.07, 6.45) is 3.89. The lowest BCUT2D eigenvalue weighted by molar-refractivity contribution is -0.0663. The lowest BCUT2D eigenvalue weighted by Crippen LogP contribution is -2.43. The fraction of sp³-hybridized carbons (Fsp3) is 1.00. The van der Waals surface area contributed by atoms with Gasteiger partial charge >= 0.3 is 0 Å². The van der Waals surface area contributed by atoms with E-state index in [1.54, 1.807) is 0 Å². The molecule has 2 heteroatoms. The first-order valence-corrected chi connectivity index (χ1v) is 7.13. The lowest BCUT2D eigenvalue weighted by atomic mass is 9.73. The van der Waals surface area contributed by atoms with Crippen LogP contribution >= 0.6 is 0 Å². The average molecular weight is 238 g/mol.